The molecule has 29 heavy (non-hydrogen) atoms. The Hall–Kier alpha value is -3.14. The third-order valence-electron chi connectivity index (χ3n) is 4.18. The van der Waals surface area contributed by atoms with E-state index in [1.807, 2.05) is 6.92 Å². The highest BCUT2D eigenvalue weighted by Gasteiger charge is 2.33. The van der Waals surface area contributed by atoms with Gasteiger partial charge in [-0.3, -0.25) is 18.7 Å². The van der Waals surface area contributed by atoms with Crippen molar-refractivity contribution in [3.8, 4) is 0 Å². The van der Waals surface area contributed by atoms with Crippen LogP contribution in [0.1, 0.15) is 11.3 Å². The molecule has 7 nitrogen and oxygen atoms in total. The fraction of sp³-hybridized carbons (Fsp3) is 0.222. The Labute approximate surface area is 166 Å². The van der Waals surface area contributed by atoms with Crippen molar-refractivity contribution < 1.29 is 18.0 Å². The van der Waals surface area contributed by atoms with Crippen LogP contribution in [0.25, 0.3) is 11.0 Å². The van der Waals surface area contributed by atoms with E-state index in [0.29, 0.717) is 16.3 Å². The van der Waals surface area contributed by atoms with Crippen LogP contribution in [0.15, 0.2) is 39.9 Å². The summed E-state index contributed by atoms with van der Waals surface area (Å²) >= 11 is 6.04. The second-order valence-electron chi connectivity index (χ2n) is 6.33. The minimum Gasteiger partial charge on any atom is -0.323 e. The number of alkyl halides is 3. The lowest BCUT2D eigenvalue weighted by Crippen LogP contribution is -2.42. The van der Waals surface area contributed by atoms with Crippen LogP contribution in [0.5, 0.6) is 0 Å². The first-order chi connectivity index (χ1) is 13.5. The predicted octanol–water partition coefficient (Wildman–Crippen LogP) is 2.71. The van der Waals surface area contributed by atoms with Crippen molar-refractivity contribution in [2.75, 3.05) is 5.32 Å². The number of pyridine rings is 1. The quantitative estimate of drug-likeness (QED) is 0.697. The highest BCUT2D eigenvalue weighted by Crippen LogP contribution is 2.28. The number of fused-ring (bicyclic) bond motifs is 1. The number of anilines is 1. The molecule has 0 unspecified atom stereocenters. The lowest BCUT2D eigenvalue weighted by atomic mass is 10.2. The number of carbonyl (C=O) groups is 1. The number of carbonyl (C=O) groups excluding carboxylic acids is 1. The summed E-state index contributed by atoms with van der Waals surface area (Å²) in [5.41, 5.74) is -2.38. The topological polar surface area (TPSA) is 86.0 Å². The molecule has 1 N–H and O–H groups in total. The molecule has 11 heteroatoms. The maximum atomic E-state index is 12.9. The van der Waals surface area contributed by atoms with Gasteiger partial charge in [0.05, 0.1) is 16.1 Å². The number of aromatic nitrogens is 3. The monoisotopic (exact) mass is 426 g/mol. The number of rotatable bonds is 3. The largest absolute Gasteiger partial charge is 0.433 e. The zero-order valence-electron chi connectivity index (χ0n) is 15.2. The van der Waals surface area contributed by atoms with Gasteiger partial charge in [0, 0.05) is 7.05 Å². The van der Waals surface area contributed by atoms with Crippen LogP contribution >= 0.6 is 11.6 Å². The molecule has 1 aromatic carbocycles. The first kappa shape index (κ1) is 20.6. The van der Waals surface area contributed by atoms with Gasteiger partial charge in [-0.05, 0) is 36.8 Å². The molecular weight excluding hydrogens is 413 g/mol. The molecule has 0 aliphatic rings. The van der Waals surface area contributed by atoms with E-state index >= 15 is 0 Å². The van der Waals surface area contributed by atoms with E-state index in [-0.39, 0.29) is 10.4 Å². The van der Waals surface area contributed by atoms with E-state index in [0.717, 1.165) is 16.2 Å². The number of halogens is 4. The minimum atomic E-state index is -4.73. The summed E-state index contributed by atoms with van der Waals surface area (Å²) in [6, 6.07) is 6.48. The fourth-order valence-electron chi connectivity index (χ4n) is 2.73. The molecule has 0 fully saturated rings. The summed E-state index contributed by atoms with van der Waals surface area (Å²) in [4.78, 5) is 40.7. The van der Waals surface area contributed by atoms with Crippen molar-refractivity contribution in [2.24, 2.45) is 7.05 Å². The zero-order chi connectivity index (χ0) is 21.5. The molecule has 3 rings (SSSR count). The van der Waals surface area contributed by atoms with Crippen molar-refractivity contribution in [1.82, 2.24) is 14.1 Å². The van der Waals surface area contributed by atoms with Crippen molar-refractivity contribution >= 4 is 34.2 Å². The second-order valence-corrected chi connectivity index (χ2v) is 6.74. The second kappa shape index (κ2) is 7.36. The van der Waals surface area contributed by atoms with Crippen LogP contribution in [0.4, 0.5) is 18.9 Å². The van der Waals surface area contributed by atoms with Crippen LogP contribution < -0.4 is 16.6 Å². The number of nitrogens with one attached hydrogen (secondary N) is 1. The first-order valence-electron chi connectivity index (χ1n) is 8.23. The molecule has 0 aliphatic carbocycles. The van der Waals surface area contributed by atoms with Gasteiger partial charge in [0.2, 0.25) is 5.91 Å². The Morgan fingerprint density at radius 1 is 1.21 bits per heavy atom. The Morgan fingerprint density at radius 3 is 2.52 bits per heavy atom. The highest BCUT2D eigenvalue weighted by molar-refractivity contribution is 6.33. The maximum absolute atomic E-state index is 12.9. The SMILES string of the molecule is Cc1ccc(NC(=O)Cn2c(=O)c3ccc(C(F)(F)F)nc3n(C)c2=O)c(Cl)c1. The summed E-state index contributed by atoms with van der Waals surface area (Å²) in [5, 5.41) is 2.55. The molecule has 0 bridgehead atoms. The molecular formula is C18H14ClF3N4O3. The lowest BCUT2D eigenvalue weighted by molar-refractivity contribution is -0.141. The van der Waals surface area contributed by atoms with Crippen LogP contribution in [0.2, 0.25) is 5.02 Å². The van der Waals surface area contributed by atoms with Crippen LogP contribution in [-0.2, 0) is 24.6 Å². The van der Waals surface area contributed by atoms with Crippen LogP contribution in [0, 0.1) is 6.92 Å². The number of benzene rings is 1. The molecule has 0 saturated heterocycles. The molecule has 0 spiro atoms. The van der Waals surface area contributed by atoms with Gasteiger partial charge in [-0.15, -0.1) is 0 Å². The average molecular weight is 427 g/mol. The Morgan fingerprint density at radius 2 is 1.90 bits per heavy atom. The third kappa shape index (κ3) is 4.02. The van der Waals surface area contributed by atoms with Gasteiger partial charge in [-0.25, -0.2) is 9.78 Å². The number of hydrogen-bond acceptors (Lipinski definition) is 4. The van der Waals surface area contributed by atoms with Gasteiger partial charge in [0.1, 0.15) is 17.9 Å². The number of nitrogens with zero attached hydrogens (tertiary/aromatic N) is 3. The fourth-order valence-corrected chi connectivity index (χ4v) is 3.01. The normalized spacial score (nSPS) is 11.7. The standard InChI is InChI=1S/C18H14ClF3N4O3/c1-9-3-5-12(11(19)7-9)23-14(27)8-26-16(28)10-4-6-13(18(20,21)22)24-15(10)25(2)17(26)29/h3-7H,8H2,1-2H3,(H,23,27). The van der Waals surface area contributed by atoms with Crippen molar-refractivity contribution in [3.63, 3.8) is 0 Å². The number of hydrogen-bond donors (Lipinski definition) is 1. The third-order valence-corrected chi connectivity index (χ3v) is 4.49. The first-order valence-corrected chi connectivity index (χ1v) is 8.60. The average Bonchev–Trinajstić information content (AvgIpc) is 2.64. The maximum Gasteiger partial charge on any atom is 0.433 e. The smallest absolute Gasteiger partial charge is 0.323 e. The Kier molecular flexibility index (Phi) is 5.22. The summed E-state index contributed by atoms with van der Waals surface area (Å²) in [5.74, 6) is -0.700. The van der Waals surface area contributed by atoms with Gasteiger partial charge in [-0.1, -0.05) is 17.7 Å². The molecule has 1 amide bonds. The molecule has 0 saturated carbocycles. The number of aryl methyl sites for hydroxylation is 2. The highest BCUT2D eigenvalue weighted by atomic mass is 35.5. The van der Waals surface area contributed by atoms with Gasteiger partial charge < -0.3 is 5.32 Å². The molecule has 0 aliphatic heterocycles. The summed E-state index contributed by atoms with van der Waals surface area (Å²) in [6.07, 6.45) is -4.73. The number of amides is 1. The lowest BCUT2D eigenvalue weighted by Gasteiger charge is -2.12. The van der Waals surface area contributed by atoms with Crippen molar-refractivity contribution in [1.29, 1.82) is 0 Å². The van der Waals surface area contributed by atoms with Crippen molar-refractivity contribution in [3.05, 3.63) is 67.4 Å². The summed E-state index contributed by atoms with van der Waals surface area (Å²) in [7, 11) is 1.17. The summed E-state index contributed by atoms with van der Waals surface area (Å²) < 4.78 is 40.0. The molecule has 2 heterocycles. The van der Waals surface area contributed by atoms with Crippen LogP contribution in [0.3, 0.4) is 0 Å². The van der Waals surface area contributed by atoms with E-state index in [1.54, 1.807) is 18.2 Å². The van der Waals surface area contributed by atoms with Gasteiger partial charge in [0.15, 0.2) is 0 Å². The Balaban J connectivity index is 2.01. The van der Waals surface area contributed by atoms with Crippen LogP contribution in [-0.4, -0.2) is 20.0 Å². The Bertz CT molecular complexity index is 1250. The molecule has 0 atom stereocenters. The summed E-state index contributed by atoms with van der Waals surface area (Å²) in [6.45, 7) is 1.17. The van der Waals surface area contributed by atoms with E-state index in [2.05, 4.69) is 10.3 Å². The molecule has 0 radical (unpaired) electrons. The zero-order valence-corrected chi connectivity index (χ0v) is 15.9. The molecule has 2 aromatic heterocycles. The van der Waals surface area contributed by atoms with Gasteiger partial charge in [-0.2, -0.15) is 13.2 Å². The predicted molar refractivity (Wildman–Crippen MR) is 101 cm³/mol. The molecule has 3 aromatic rings. The van der Waals surface area contributed by atoms with E-state index in [1.165, 1.54) is 7.05 Å². The molecule has 152 valence electrons. The van der Waals surface area contributed by atoms with Gasteiger partial charge >= 0.3 is 11.9 Å². The van der Waals surface area contributed by atoms with Crippen molar-refractivity contribution in [2.45, 2.75) is 19.6 Å². The van der Waals surface area contributed by atoms with E-state index < -0.39 is 41.2 Å². The van der Waals surface area contributed by atoms with E-state index in [4.69, 9.17) is 11.6 Å². The van der Waals surface area contributed by atoms with Gasteiger partial charge in [0.25, 0.3) is 5.56 Å². The van der Waals surface area contributed by atoms with E-state index in [9.17, 15) is 27.6 Å². The minimum absolute atomic E-state index is 0.221.